The SMILES string of the molecule is c1cc2oocc2c2nncc12. The molecule has 2 aromatic heterocycles. The number of rotatable bonds is 0. The van der Waals surface area contributed by atoms with Gasteiger partial charge in [0.1, 0.15) is 5.52 Å². The summed E-state index contributed by atoms with van der Waals surface area (Å²) >= 11 is 0. The van der Waals surface area contributed by atoms with Crippen molar-refractivity contribution >= 4 is 21.9 Å². The van der Waals surface area contributed by atoms with Gasteiger partial charge >= 0.3 is 0 Å². The van der Waals surface area contributed by atoms with Gasteiger partial charge in [-0.2, -0.15) is 5.10 Å². The number of benzene rings is 1. The third-order valence-corrected chi connectivity index (χ3v) is 1.87. The van der Waals surface area contributed by atoms with E-state index in [1.54, 1.807) is 6.20 Å². The van der Waals surface area contributed by atoms with E-state index >= 15 is 0 Å². The zero-order valence-electron chi connectivity index (χ0n) is 6.02. The van der Waals surface area contributed by atoms with E-state index in [1.807, 2.05) is 12.1 Å². The maximum absolute atomic E-state index is 4.85. The lowest BCUT2D eigenvalue weighted by Gasteiger charge is -1.84. The Hall–Kier alpha value is -1.84. The second-order valence-corrected chi connectivity index (χ2v) is 2.56. The molecule has 0 fully saturated rings. The Morgan fingerprint density at radius 3 is 3.25 bits per heavy atom. The molecule has 0 aliphatic rings. The van der Waals surface area contributed by atoms with Gasteiger partial charge in [0.25, 0.3) is 0 Å². The molecule has 1 aromatic carbocycles. The normalized spacial score (nSPS) is 11.3. The van der Waals surface area contributed by atoms with Gasteiger partial charge in [-0.3, -0.25) is 9.15 Å². The Balaban J connectivity index is 2.71. The summed E-state index contributed by atoms with van der Waals surface area (Å²) in [4.78, 5) is 0. The predicted molar refractivity (Wildman–Crippen MR) is 41.6 cm³/mol. The molecule has 4 heteroatoms. The Labute approximate surface area is 66.7 Å². The first-order valence-corrected chi connectivity index (χ1v) is 3.53. The molecule has 0 bridgehead atoms. The minimum atomic E-state index is 0.697. The van der Waals surface area contributed by atoms with Gasteiger partial charge in [-0.1, -0.05) is 0 Å². The molecule has 3 rings (SSSR count). The van der Waals surface area contributed by atoms with Crippen molar-refractivity contribution in [2.24, 2.45) is 0 Å². The van der Waals surface area contributed by atoms with Crippen LogP contribution in [0, 0.1) is 0 Å². The van der Waals surface area contributed by atoms with E-state index in [-0.39, 0.29) is 0 Å². The molecule has 12 heavy (non-hydrogen) atoms. The van der Waals surface area contributed by atoms with Crippen LogP contribution in [0.2, 0.25) is 0 Å². The maximum Gasteiger partial charge on any atom is 0.191 e. The Bertz CT molecular complexity index is 488. The minimum absolute atomic E-state index is 0.697. The van der Waals surface area contributed by atoms with Crippen LogP contribution in [0.3, 0.4) is 0 Å². The summed E-state index contributed by atoms with van der Waals surface area (Å²) in [6, 6.07) is 3.74. The maximum atomic E-state index is 4.85. The van der Waals surface area contributed by atoms with Crippen LogP contribution in [0.25, 0.3) is 21.9 Å². The van der Waals surface area contributed by atoms with Crippen LogP contribution in [0.5, 0.6) is 0 Å². The average molecular weight is 160 g/mol. The van der Waals surface area contributed by atoms with E-state index in [1.165, 1.54) is 6.26 Å². The van der Waals surface area contributed by atoms with Crippen molar-refractivity contribution in [3.8, 4) is 0 Å². The van der Waals surface area contributed by atoms with Gasteiger partial charge < -0.3 is 0 Å². The molecular formula is C8H4N2O2. The molecule has 0 aliphatic heterocycles. The highest BCUT2D eigenvalue weighted by atomic mass is 17.0. The summed E-state index contributed by atoms with van der Waals surface area (Å²) in [5.74, 6) is 0. The average Bonchev–Trinajstić information content (AvgIpc) is 2.71. The van der Waals surface area contributed by atoms with E-state index in [0.29, 0.717) is 5.58 Å². The van der Waals surface area contributed by atoms with Crippen LogP contribution in [0.15, 0.2) is 33.7 Å². The van der Waals surface area contributed by atoms with Crippen LogP contribution in [0.4, 0.5) is 0 Å². The second kappa shape index (κ2) is 1.85. The van der Waals surface area contributed by atoms with Gasteiger partial charge in [-0.05, 0) is 12.1 Å². The fourth-order valence-corrected chi connectivity index (χ4v) is 1.28. The summed E-state index contributed by atoms with van der Waals surface area (Å²) in [5, 5.41) is 9.61. The first-order valence-electron chi connectivity index (χ1n) is 3.53. The summed E-state index contributed by atoms with van der Waals surface area (Å²) in [6.07, 6.45) is 3.24. The molecule has 2 heterocycles. The molecular weight excluding hydrogens is 156 g/mol. The fraction of sp³-hybridized carbons (Fsp3) is 0. The number of aromatic nitrogens is 2. The Morgan fingerprint density at radius 2 is 2.25 bits per heavy atom. The molecule has 0 unspecified atom stereocenters. The minimum Gasteiger partial charge on any atom is -0.297 e. The van der Waals surface area contributed by atoms with Gasteiger partial charge in [0.15, 0.2) is 11.8 Å². The predicted octanol–water partition coefficient (Wildman–Crippen LogP) is 1.97. The van der Waals surface area contributed by atoms with Crippen LogP contribution >= 0.6 is 0 Å². The smallest absolute Gasteiger partial charge is 0.191 e. The van der Waals surface area contributed by atoms with Crippen LogP contribution in [-0.4, -0.2) is 10.2 Å². The fourth-order valence-electron chi connectivity index (χ4n) is 1.28. The zero-order valence-corrected chi connectivity index (χ0v) is 6.02. The van der Waals surface area contributed by atoms with Crippen LogP contribution < -0.4 is 0 Å². The van der Waals surface area contributed by atoms with E-state index in [9.17, 15) is 0 Å². The molecule has 0 radical (unpaired) electrons. The highest BCUT2D eigenvalue weighted by Crippen LogP contribution is 2.23. The third-order valence-electron chi connectivity index (χ3n) is 1.87. The van der Waals surface area contributed by atoms with Gasteiger partial charge in [0, 0.05) is 5.39 Å². The number of fused-ring (bicyclic) bond motifs is 3. The van der Waals surface area contributed by atoms with E-state index in [0.717, 1.165) is 16.3 Å². The van der Waals surface area contributed by atoms with Gasteiger partial charge in [0.05, 0.1) is 11.6 Å². The second-order valence-electron chi connectivity index (χ2n) is 2.56. The lowest BCUT2D eigenvalue weighted by molar-refractivity contribution is 0.0792. The molecule has 0 spiro atoms. The highest BCUT2D eigenvalue weighted by Gasteiger charge is 2.06. The number of nitrogens with zero attached hydrogens (tertiary/aromatic N) is 2. The van der Waals surface area contributed by atoms with Gasteiger partial charge in [-0.15, -0.1) is 5.10 Å². The van der Waals surface area contributed by atoms with Gasteiger partial charge in [-0.25, -0.2) is 0 Å². The van der Waals surface area contributed by atoms with Crippen molar-refractivity contribution in [2.45, 2.75) is 0 Å². The van der Waals surface area contributed by atoms with Crippen molar-refractivity contribution in [3.05, 3.63) is 24.6 Å². The van der Waals surface area contributed by atoms with Crippen molar-refractivity contribution in [1.29, 1.82) is 0 Å². The van der Waals surface area contributed by atoms with Crippen molar-refractivity contribution in [1.82, 2.24) is 10.2 Å². The molecule has 0 amide bonds. The highest BCUT2D eigenvalue weighted by molar-refractivity contribution is 6.02. The molecule has 0 atom stereocenters. The van der Waals surface area contributed by atoms with Crippen molar-refractivity contribution in [3.63, 3.8) is 0 Å². The summed E-state index contributed by atoms with van der Waals surface area (Å²) in [5.41, 5.74) is 1.52. The summed E-state index contributed by atoms with van der Waals surface area (Å²) in [7, 11) is 0. The van der Waals surface area contributed by atoms with Crippen molar-refractivity contribution < 1.29 is 9.15 Å². The lowest BCUT2D eigenvalue weighted by Crippen LogP contribution is -1.69. The molecule has 0 saturated heterocycles. The van der Waals surface area contributed by atoms with E-state index in [4.69, 9.17) is 9.15 Å². The molecule has 0 saturated carbocycles. The van der Waals surface area contributed by atoms with E-state index in [2.05, 4.69) is 10.2 Å². The molecule has 0 aliphatic carbocycles. The van der Waals surface area contributed by atoms with E-state index < -0.39 is 0 Å². The topological polar surface area (TPSA) is 52.1 Å². The standard InChI is InChI=1S/C8H4N2O2/c1-2-7-6(4-11-12-7)8-5(1)3-9-10-8/h1-4H. The Kier molecular flexibility index (Phi) is 0.889. The number of hydrogen-bond donors (Lipinski definition) is 0. The molecule has 3 aromatic rings. The zero-order chi connectivity index (χ0) is 7.97. The monoisotopic (exact) mass is 160 g/mol. The molecule has 58 valence electrons. The Morgan fingerprint density at radius 1 is 1.25 bits per heavy atom. The quantitative estimate of drug-likeness (QED) is 0.472. The first-order chi connectivity index (χ1) is 5.95. The largest absolute Gasteiger partial charge is 0.297 e. The molecule has 4 nitrogen and oxygen atoms in total. The number of hydrogen-bond acceptors (Lipinski definition) is 4. The van der Waals surface area contributed by atoms with Crippen molar-refractivity contribution in [2.75, 3.05) is 0 Å². The van der Waals surface area contributed by atoms with Crippen LogP contribution in [0.1, 0.15) is 0 Å². The first kappa shape index (κ1) is 5.77. The molecule has 0 N–H and O–H groups in total. The summed E-state index contributed by atoms with van der Waals surface area (Å²) < 4.78 is 9.55. The van der Waals surface area contributed by atoms with Gasteiger partial charge in [0.2, 0.25) is 0 Å². The summed E-state index contributed by atoms with van der Waals surface area (Å²) in [6.45, 7) is 0. The third kappa shape index (κ3) is 0.567. The van der Waals surface area contributed by atoms with Crippen LogP contribution in [-0.2, 0) is 0 Å². The lowest BCUT2D eigenvalue weighted by atomic mass is 10.2.